The maximum absolute atomic E-state index is 12.8. The van der Waals surface area contributed by atoms with E-state index >= 15 is 0 Å². The van der Waals surface area contributed by atoms with E-state index in [1.807, 2.05) is 18.4 Å². The summed E-state index contributed by atoms with van der Waals surface area (Å²) in [6, 6.07) is 19.0. The van der Waals surface area contributed by atoms with Gasteiger partial charge in [-0.25, -0.2) is 0 Å². The molecule has 3 aromatic carbocycles. The fraction of sp³-hybridized carbons (Fsp3) is 0.0870. The van der Waals surface area contributed by atoms with Crippen molar-refractivity contribution >= 4 is 34.9 Å². The number of benzene rings is 3. The number of fused-ring (bicyclic) bond motifs is 2. The standard InChI is InChI=1S/C23H17NO3S/c1-28-13-14-6-8-15(9-7-14)23(27)24-16-10-11-19-20(12-16)22(26)18-5-3-2-4-17(18)21(19)25/h2-12H,13H2,1H3,(H,24,27). The van der Waals surface area contributed by atoms with Crippen LogP contribution in [0.2, 0.25) is 0 Å². The van der Waals surface area contributed by atoms with Crippen molar-refractivity contribution in [3.8, 4) is 0 Å². The zero-order valence-electron chi connectivity index (χ0n) is 15.2. The first-order chi connectivity index (χ1) is 13.6. The molecular weight excluding hydrogens is 370 g/mol. The van der Waals surface area contributed by atoms with Gasteiger partial charge in [-0.3, -0.25) is 14.4 Å². The highest BCUT2D eigenvalue weighted by molar-refractivity contribution is 7.97. The topological polar surface area (TPSA) is 63.2 Å². The highest BCUT2D eigenvalue weighted by Gasteiger charge is 2.29. The van der Waals surface area contributed by atoms with E-state index in [1.54, 1.807) is 66.4 Å². The Balaban J connectivity index is 1.60. The number of hydrogen-bond donors (Lipinski definition) is 1. The van der Waals surface area contributed by atoms with Gasteiger partial charge in [-0.1, -0.05) is 36.4 Å². The van der Waals surface area contributed by atoms with Gasteiger partial charge in [-0.05, 0) is 42.2 Å². The molecule has 4 nitrogen and oxygen atoms in total. The van der Waals surface area contributed by atoms with E-state index in [2.05, 4.69) is 5.32 Å². The number of hydrogen-bond acceptors (Lipinski definition) is 4. The van der Waals surface area contributed by atoms with E-state index in [0.717, 1.165) is 11.3 Å². The van der Waals surface area contributed by atoms with Crippen molar-refractivity contribution in [2.45, 2.75) is 5.75 Å². The summed E-state index contributed by atoms with van der Waals surface area (Å²) in [7, 11) is 0. The zero-order chi connectivity index (χ0) is 19.7. The van der Waals surface area contributed by atoms with Crippen LogP contribution in [0.15, 0.2) is 66.7 Å². The molecule has 0 fully saturated rings. The predicted octanol–water partition coefficient (Wildman–Crippen LogP) is 4.58. The second-order valence-corrected chi connectivity index (χ2v) is 7.41. The minimum atomic E-state index is -0.259. The number of rotatable bonds is 4. The van der Waals surface area contributed by atoms with E-state index in [-0.39, 0.29) is 17.5 Å². The Labute approximate surface area is 167 Å². The lowest BCUT2D eigenvalue weighted by molar-refractivity contribution is 0.0979. The summed E-state index contributed by atoms with van der Waals surface area (Å²) in [5.74, 6) is 0.255. The molecule has 0 spiro atoms. The van der Waals surface area contributed by atoms with Crippen LogP contribution in [0.4, 0.5) is 5.69 Å². The zero-order valence-corrected chi connectivity index (χ0v) is 16.0. The second-order valence-electron chi connectivity index (χ2n) is 6.55. The fourth-order valence-corrected chi connectivity index (χ4v) is 3.83. The van der Waals surface area contributed by atoms with Gasteiger partial charge >= 0.3 is 0 Å². The van der Waals surface area contributed by atoms with Crippen molar-refractivity contribution in [3.05, 3.63) is 100 Å². The lowest BCUT2D eigenvalue weighted by Crippen LogP contribution is -2.21. The maximum atomic E-state index is 12.8. The molecule has 0 saturated heterocycles. The van der Waals surface area contributed by atoms with Crippen LogP contribution >= 0.6 is 11.8 Å². The predicted molar refractivity (Wildman–Crippen MR) is 111 cm³/mol. The first-order valence-electron chi connectivity index (χ1n) is 8.80. The molecule has 1 amide bonds. The second kappa shape index (κ2) is 7.44. The summed E-state index contributed by atoms with van der Waals surface area (Å²) in [6.45, 7) is 0. The van der Waals surface area contributed by atoms with Crippen molar-refractivity contribution in [3.63, 3.8) is 0 Å². The van der Waals surface area contributed by atoms with Gasteiger partial charge in [0.05, 0.1) is 0 Å². The molecule has 0 aromatic heterocycles. The minimum absolute atomic E-state index is 0.174. The molecule has 5 heteroatoms. The van der Waals surface area contributed by atoms with Crippen LogP contribution in [0.25, 0.3) is 0 Å². The van der Waals surface area contributed by atoms with Crippen LogP contribution in [-0.4, -0.2) is 23.7 Å². The highest BCUT2D eigenvalue weighted by atomic mass is 32.2. The highest BCUT2D eigenvalue weighted by Crippen LogP contribution is 2.29. The molecule has 0 radical (unpaired) electrons. The van der Waals surface area contributed by atoms with E-state index < -0.39 is 0 Å². The molecule has 0 unspecified atom stereocenters. The molecule has 0 atom stereocenters. The molecule has 28 heavy (non-hydrogen) atoms. The SMILES string of the molecule is CSCc1ccc(C(=O)Nc2ccc3c(c2)C(=O)c2ccccc2C3=O)cc1. The Hall–Kier alpha value is -3.18. The van der Waals surface area contributed by atoms with E-state index in [4.69, 9.17) is 0 Å². The first kappa shape index (κ1) is 18.2. The van der Waals surface area contributed by atoms with Gasteiger partial charge in [-0.2, -0.15) is 11.8 Å². The summed E-state index contributed by atoms with van der Waals surface area (Å²) < 4.78 is 0. The summed E-state index contributed by atoms with van der Waals surface area (Å²) in [5, 5.41) is 2.81. The fourth-order valence-electron chi connectivity index (χ4n) is 3.30. The van der Waals surface area contributed by atoms with Gasteiger partial charge in [0.25, 0.3) is 5.91 Å². The van der Waals surface area contributed by atoms with Crippen molar-refractivity contribution in [1.82, 2.24) is 0 Å². The molecule has 1 aliphatic rings. The monoisotopic (exact) mass is 387 g/mol. The van der Waals surface area contributed by atoms with Gasteiger partial charge in [0, 0.05) is 39.3 Å². The average molecular weight is 387 g/mol. The molecule has 0 saturated carbocycles. The largest absolute Gasteiger partial charge is 0.322 e. The number of nitrogens with one attached hydrogen (secondary N) is 1. The van der Waals surface area contributed by atoms with Crippen molar-refractivity contribution in [2.24, 2.45) is 0 Å². The third kappa shape index (κ3) is 3.25. The molecule has 1 N–H and O–H groups in total. The molecule has 0 aliphatic heterocycles. The summed E-state index contributed by atoms with van der Waals surface area (Å²) in [6.07, 6.45) is 2.03. The van der Waals surface area contributed by atoms with Crippen LogP contribution < -0.4 is 5.32 Å². The molecule has 3 aromatic rings. The van der Waals surface area contributed by atoms with Gasteiger partial charge in [0.2, 0.25) is 0 Å². The number of carbonyl (C=O) groups is 3. The smallest absolute Gasteiger partial charge is 0.255 e. The normalized spacial score (nSPS) is 12.3. The summed E-state index contributed by atoms with van der Waals surface area (Å²) in [5.41, 5.74) is 3.67. The Morgan fingerprint density at radius 2 is 1.43 bits per heavy atom. The Morgan fingerprint density at radius 1 is 0.821 bits per heavy atom. The Kier molecular flexibility index (Phi) is 4.84. The van der Waals surface area contributed by atoms with Gasteiger partial charge < -0.3 is 5.32 Å². The van der Waals surface area contributed by atoms with Crippen LogP contribution in [0.5, 0.6) is 0 Å². The van der Waals surface area contributed by atoms with Crippen LogP contribution in [0, 0.1) is 0 Å². The van der Waals surface area contributed by atoms with E-state index in [1.165, 1.54) is 0 Å². The van der Waals surface area contributed by atoms with Gasteiger partial charge in [0.1, 0.15) is 0 Å². The number of ketones is 2. The summed E-state index contributed by atoms with van der Waals surface area (Å²) in [4.78, 5) is 38.0. The third-order valence-electron chi connectivity index (χ3n) is 4.71. The number of carbonyl (C=O) groups excluding carboxylic acids is 3. The van der Waals surface area contributed by atoms with Crippen molar-refractivity contribution < 1.29 is 14.4 Å². The Morgan fingerprint density at radius 3 is 2.07 bits per heavy atom. The van der Waals surface area contributed by atoms with Crippen molar-refractivity contribution in [1.29, 1.82) is 0 Å². The molecule has 138 valence electrons. The summed E-state index contributed by atoms with van der Waals surface area (Å²) >= 11 is 1.72. The first-order valence-corrected chi connectivity index (χ1v) is 10.2. The third-order valence-corrected chi connectivity index (χ3v) is 5.33. The lowest BCUT2D eigenvalue weighted by atomic mass is 9.84. The maximum Gasteiger partial charge on any atom is 0.255 e. The Bertz CT molecular complexity index is 1100. The minimum Gasteiger partial charge on any atom is -0.322 e. The molecular formula is C23H17NO3S. The molecule has 0 heterocycles. The number of anilines is 1. The number of thioether (sulfide) groups is 1. The quantitative estimate of drug-likeness (QED) is 0.557. The van der Waals surface area contributed by atoms with E-state index in [9.17, 15) is 14.4 Å². The lowest BCUT2D eigenvalue weighted by Gasteiger charge is -2.18. The van der Waals surface area contributed by atoms with Crippen molar-refractivity contribution in [2.75, 3.05) is 11.6 Å². The van der Waals surface area contributed by atoms with Gasteiger partial charge in [-0.15, -0.1) is 0 Å². The van der Waals surface area contributed by atoms with Crippen LogP contribution in [0.1, 0.15) is 47.8 Å². The van der Waals surface area contributed by atoms with Crippen LogP contribution in [0.3, 0.4) is 0 Å². The van der Waals surface area contributed by atoms with Crippen LogP contribution in [-0.2, 0) is 5.75 Å². The molecule has 1 aliphatic carbocycles. The molecule has 4 rings (SSSR count). The average Bonchev–Trinajstić information content (AvgIpc) is 2.73. The van der Waals surface area contributed by atoms with Gasteiger partial charge in [0.15, 0.2) is 11.6 Å². The van der Waals surface area contributed by atoms with E-state index in [0.29, 0.717) is 33.5 Å². The number of amides is 1. The molecule has 0 bridgehead atoms.